The number of amides is 1. The molecule has 2 unspecified atom stereocenters. The largest absolute Gasteiger partial charge is 0.480 e. The van der Waals surface area contributed by atoms with E-state index in [0.29, 0.717) is 6.04 Å². The van der Waals surface area contributed by atoms with Crippen molar-refractivity contribution < 1.29 is 14.7 Å². The highest BCUT2D eigenvalue weighted by atomic mass is 16.4. The molecule has 1 saturated carbocycles. The van der Waals surface area contributed by atoms with Crippen LogP contribution in [0.1, 0.15) is 39.5 Å². The van der Waals surface area contributed by atoms with Gasteiger partial charge in [0.05, 0.1) is 6.54 Å². The summed E-state index contributed by atoms with van der Waals surface area (Å²) in [5.41, 5.74) is 0. The number of likely N-dealkylation sites (tertiary alicyclic amines) is 1. The monoisotopic (exact) mass is 268 g/mol. The van der Waals surface area contributed by atoms with Crippen molar-refractivity contribution >= 4 is 11.9 Å². The predicted molar refractivity (Wildman–Crippen MR) is 71.8 cm³/mol. The molecule has 5 nitrogen and oxygen atoms in total. The number of aliphatic carboxylic acids is 1. The summed E-state index contributed by atoms with van der Waals surface area (Å²) in [4.78, 5) is 27.4. The Balaban J connectivity index is 1.99. The zero-order chi connectivity index (χ0) is 14.0. The van der Waals surface area contributed by atoms with E-state index < -0.39 is 12.0 Å². The highest BCUT2D eigenvalue weighted by molar-refractivity contribution is 5.80. The maximum absolute atomic E-state index is 12.3. The molecule has 2 rings (SSSR count). The molecule has 0 spiro atoms. The van der Waals surface area contributed by atoms with E-state index in [1.165, 1.54) is 0 Å². The Morgan fingerprint density at radius 2 is 2.00 bits per heavy atom. The van der Waals surface area contributed by atoms with Gasteiger partial charge in [-0.15, -0.1) is 0 Å². The lowest BCUT2D eigenvalue weighted by Crippen LogP contribution is -2.53. The Morgan fingerprint density at radius 3 is 2.53 bits per heavy atom. The number of carboxylic acids is 1. The summed E-state index contributed by atoms with van der Waals surface area (Å²) in [6.45, 7) is 5.66. The minimum Gasteiger partial charge on any atom is -0.480 e. The van der Waals surface area contributed by atoms with Gasteiger partial charge in [0, 0.05) is 12.6 Å². The van der Waals surface area contributed by atoms with Crippen LogP contribution in [0.3, 0.4) is 0 Å². The lowest BCUT2D eigenvalue weighted by atomic mass is 9.91. The Kier molecular flexibility index (Phi) is 4.45. The van der Waals surface area contributed by atoms with Gasteiger partial charge in [-0.1, -0.05) is 6.92 Å². The van der Waals surface area contributed by atoms with Gasteiger partial charge >= 0.3 is 5.97 Å². The van der Waals surface area contributed by atoms with Gasteiger partial charge in [-0.25, -0.2) is 0 Å². The van der Waals surface area contributed by atoms with Gasteiger partial charge in [-0.05, 0) is 45.1 Å². The number of piperidine rings is 1. The summed E-state index contributed by atoms with van der Waals surface area (Å²) in [7, 11) is 0. The standard InChI is InChI=1S/C14H24N2O3/c1-3-16(11-6-7-11)12(17)9-15-8-4-5-10(2)13(15)14(18)19/h10-11,13H,3-9H2,1-2H3,(H,18,19). The molecule has 1 saturated heterocycles. The van der Waals surface area contributed by atoms with Crippen LogP contribution in [0, 0.1) is 5.92 Å². The van der Waals surface area contributed by atoms with Crippen LogP contribution in [-0.2, 0) is 9.59 Å². The molecule has 1 N–H and O–H groups in total. The fourth-order valence-electron chi connectivity index (χ4n) is 3.14. The Morgan fingerprint density at radius 1 is 1.32 bits per heavy atom. The van der Waals surface area contributed by atoms with Gasteiger partial charge in [0.2, 0.25) is 5.91 Å². The molecule has 1 aliphatic heterocycles. The van der Waals surface area contributed by atoms with Crippen molar-refractivity contribution in [1.82, 2.24) is 9.80 Å². The van der Waals surface area contributed by atoms with Crippen molar-refractivity contribution in [1.29, 1.82) is 0 Å². The van der Waals surface area contributed by atoms with Crippen LogP contribution in [0.2, 0.25) is 0 Å². The summed E-state index contributed by atoms with van der Waals surface area (Å²) >= 11 is 0. The van der Waals surface area contributed by atoms with Crippen molar-refractivity contribution in [2.45, 2.75) is 51.6 Å². The van der Waals surface area contributed by atoms with Crippen molar-refractivity contribution in [2.24, 2.45) is 5.92 Å². The number of carbonyl (C=O) groups is 2. The zero-order valence-corrected chi connectivity index (χ0v) is 11.8. The van der Waals surface area contributed by atoms with Crippen LogP contribution in [0.5, 0.6) is 0 Å². The molecule has 0 aromatic rings. The first kappa shape index (κ1) is 14.3. The van der Waals surface area contributed by atoms with Crippen LogP contribution in [0.15, 0.2) is 0 Å². The average Bonchev–Trinajstić information content (AvgIpc) is 3.14. The highest BCUT2D eigenvalue weighted by Crippen LogP contribution is 2.28. The molecule has 2 atom stereocenters. The smallest absolute Gasteiger partial charge is 0.321 e. The van der Waals surface area contributed by atoms with Crippen molar-refractivity contribution in [2.75, 3.05) is 19.6 Å². The molecule has 1 heterocycles. The summed E-state index contributed by atoms with van der Waals surface area (Å²) < 4.78 is 0. The van der Waals surface area contributed by atoms with E-state index in [-0.39, 0.29) is 18.4 Å². The summed E-state index contributed by atoms with van der Waals surface area (Å²) in [5.74, 6) is -0.588. The Labute approximate surface area is 114 Å². The molecule has 1 amide bonds. The quantitative estimate of drug-likeness (QED) is 0.813. The molecule has 108 valence electrons. The van der Waals surface area contributed by atoms with E-state index in [1.807, 2.05) is 23.6 Å². The summed E-state index contributed by atoms with van der Waals surface area (Å²) in [6.07, 6.45) is 4.10. The van der Waals surface area contributed by atoms with Crippen molar-refractivity contribution in [3.8, 4) is 0 Å². The van der Waals surface area contributed by atoms with Crippen LogP contribution < -0.4 is 0 Å². The third-order valence-corrected chi connectivity index (χ3v) is 4.28. The fraction of sp³-hybridized carbons (Fsp3) is 0.857. The van der Waals surface area contributed by atoms with Crippen LogP contribution >= 0.6 is 0 Å². The Bertz CT molecular complexity index is 355. The zero-order valence-electron chi connectivity index (χ0n) is 11.8. The maximum Gasteiger partial charge on any atom is 0.321 e. The maximum atomic E-state index is 12.3. The molecule has 5 heteroatoms. The first-order chi connectivity index (χ1) is 9.04. The fourth-order valence-corrected chi connectivity index (χ4v) is 3.14. The number of likely N-dealkylation sites (N-methyl/N-ethyl adjacent to an activating group) is 1. The van der Waals surface area contributed by atoms with Gasteiger partial charge < -0.3 is 10.0 Å². The molecule has 0 aromatic carbocycles. The second kappa shape index (κ2) is 5.90. The summed E-state index contributed by atoms with van der Waals surface area (Å²) in [6, 6.07) is -0.0985. The Hall–Kier alpha value is -1.10. The van der Waals surface area contributed by atoms with Gasteiger partial charge in [0.15, 0.2) is 0 Å². The topological polar surface area (TPSA) is 60.9 Å². The SMILES string of the molecule is CCN(C(=O)CN1CCCC(C)C1C(=O)O)C1CC1. The average molecular weight is 268 g/mol. The molecule has 2 aliphatic rings. The van der Waals surface area contributed by atoms with Crippen molar-refractivity contribution in [3.05, 3.63) is 0 Å². The second-order valence-corrected chi connectivity index (χ2v) is 5.78. The molecule has 0 aromatic heterocycles. The van der Waals surface area contributed by atoms with E-state index >= 15 is 0 Å². The molecule has 19 heavy (non-hydrogen) atoms. The number of hydrogen-bond donors (Lipinski definition) is 1. The van der Waals surface area contributed by atoms with Crippen LogP contribution in [0.4, 0.5) is 0 Å². The third-order valence-electron chi connectivity index (χ3n) is 4.28. The number of carboxylic acid groups (broad SMARTS) is 1. The molecular weight excluding hydrogens is 244 g/mol. The highest BCUT2D eigenvalue weighted by Gasteiger charge is 2.37. The number of rotatable bonds is 5. The number of carbonyl (C=O) groups excluding carboxylic acids is 1. The van der Waals surface area contributed by atoms with E-state index in [4.69, 9.17) is 0 Å². The van der Waals surface area contributed by atoms with Gasteiger partial charge in [0.1, 0.15) is 6.04 Å². The van der Waals surface area contributed by atoms with E-state index in [0.717, 1.165) is 38.8 Å². The number of hydrogen-bond acceptors (Lipinski definition) is 3. The molecule has 0 radical (unpaired) electrons. The van der Waals surface area contributed by atoms with E-state index in [9.17, 15) is 14.7 Å². The van der Waals surface area contributed by atoms with Crippen molar-refractivity contribution in [3.63, 3.8) is 0 Å². The molecule has 0 bridgehead atoms. The second-order valence-electron chi connectivity index (χ2n) is 5.78. The van der Waals surface area contributed by atoms with Gasteiger partial charge in [0.25, 0.3) is 0 Å². The summed E-state index contributed by atoms with van der Waals surface area (Å²) in [5, 5.41) is 9.34. The van der Waals surface area contributed by atoms with Crippen LogP contribution in [-0.4, -0.2) is 58.5 Å². The lowest BCUT2D eigenvalue weighted by molar-refractivity contribution is -0.148. The first-order valence-electron chi connectivity index (χ1n) is 7.31. The van der Waals surface area contributed by atoms with Gasteiger partial charge in [-0.2, -0.15) is 0 Å². The van der Waals surface area contributed by atoms with Crippen LogP contribution in [0.25, 0.3) is 0 Å². The van der Waals surface area contributed by atoms with E-state index in [2.05, 4.69) is 0 Å². The van der Waals surface area contributed by atoms with Gasteiger partial charge in [-0.3, -0.25) is 14.5 Å². The molecule has 1 aliphatic carbocycles. The number of nitrogens with zero attached hydrogens (tertiary/aromatic N) is 2. The van der Waals surface area contributed by atoms with E-state index in [1.54, 1.807) is 0 Å². The lowest BCUT2D eigenvalue weighted by Gasteiger charge is -2.37. The molecular formula is C14H24N2O3. The normalized spacial score (nSPS) is 28.1. The first-order valence-corrected chi connectivity index (χ1v) is 7.31. The predicted octanol–water partition coefficient (Wildman–Crippen LogP) is 1.18. The third kappa shape index (κ3) is 3.26. The minimum atomic E-state index is -0.797. The molecule has 2 fully saturated rings. The minimum absolute atomic E-state index is 0.0883.